The molecular weight excluding hydrogens is 359 g/mol. The Bertz CT molecular complexity index is 812. The van der Waals surface area contributed by atoms with Crippen LogP contribution in [0.25, 0.3) is 11.5 Å². The molecule has 0 radical (unpaired) electrons. The van der Waals surface area contributed by atoms with Crippen LogP contribution in [0.2, 0.25) is 0 Å². The third-order valence-electron chi connectivity index (χ3n) is 5.53. The summed E-state index contributed by atoms with van der Waals surface area (Å²) in [5.41, 5.74) is 1.93. The zero-order chi connectivity index (χ0) is 19.4. The molecule has 7 heteroatoms. The lowest BCUT2D eigenvalue weighted by atomic mass is 9.87. The highest BCUT2D eigenvalue weighted by molar-refractivity contribution is 5.80. The molecule has 2 aliphatic heterocycles. The number of ether oxygens (including phenoxy) is 1. The van der Waals surface area contributed by atoms with Gasteiger partial charge in [0.15, 0.2) is 5.96 Å². The molecule has 1 aromatic heterocycles. The van der Waals surface area contributed by atoms with Crippen molar-refractivity contribution in [3.63, 3.8) is 0 Å². The number of aliphatic imine (C=N–C) groups is 1. The van der Waals surface area contributed by atoms with Crippen molar-refractivity contribution in [2.75, 3.05) is 39.4 Å². The second kappa shape index (κ2) is 8.31. The standard InChI is InChI=1S/C21H27FN4O2/c1-2-23-20(26-11-8-21(14-26)9-12-27-15-21)24-10-7-18-13-28-19(25-18)16-3-5-17(22)6-4-16/h3-6,13H,2,7-12,14-15H2,1H3,(H,23,24). The minimum atomic E-state index is -0.270. The van der Waals surface area contributed by atoms with Gasteiger partial charge < -0.3 is 19.4 Å². The third kappa shape index (κ3) is 4.19. The van der Waals surface area contributed by atoms with Gasteiger partial charge in [0.1, 0.15) is 12.1 Å². The van der Waals surface area contributed by atoms with Gasteiger partial charge in [-0.05, 0) is 44.0 Å². The molecule has 1 unspecified atom stereocenters. The highest BCUT2D eigenvalue weighted by Crippen LogP contribution is 2.38. The maximum absolute atomic E-state index is 13.1. The maximum Gasteiger partial charge on any atom is 0.226 e. The molecule has 3 heterocycles. The molecule has 1 spiro atoms. The van der Waals surface area contributed by atoms with E-state index >= 15 is 0 Å². The van der Waals surface area contributed by atoms with Crippen LogP contribution in [0.15, 0.2) is 39.9 Å². The molecule has 2 aromatic rings. The molecule has 1 atom stereocenters. The Morgan fingerprint density at radius 1 is 1.32 bits per heavy atom. The highest BCUT2D eigenvalue weighted by atomic mass is 19.1. The van der Waals surface area contributed by atoms with E-state index in [2.05, 4.69) is 22.1 Å². The van der Waals surface area contributed by atoms with E-state index in [1.54, 1.807) is 18.4 Å². The number of likely N-dealkylation sites (tertiary alicyclic amines) is 1. The zero-order valence-corrected chi connectivity index (χ0v) is 16.3. The van der Waals surface area contributed by atoms with Crippen LogP contribution in [0.5, 0.6) is 0 Å². The van der Waals surface area contributed by atoms with Crippen molar-refractivity contribution in [3.8, 4) is 11.5 Å². The summed E-state index contributed by atoms with van der Waals surface area (Å²) in [6.45, 7) is 7.35. The summed E-state index contributed by atoms with van der Waals surface area (Å²) in [5, 5.41) is 3.41. The van der Waals surface area contributed by atoms with Crippen LogP contribution >= 0.6 is 0 Å². The van der Waals surface area contributed by atoms with Gasteiger partial charge in [-0.3, -0.25) is 4.99 Å². The molecule has 0 aliphatic carbocycles. The van der Waals surface area contributed by atoms with E-state index in [9.17, 15) is 4.39 Å². The Hall–Kier alpha value is -2.41. The molecule has 6 nitrogen and oxygen atoms in total. The first kappa shape index (κ1) is 18.9. The topological polar surface area (TPSA) is 62.9 Å². The number of nitrogens with one attached hydrogen (secondary N) is 1. The number of rotatable bonds is 5. The lowest BCUT2D eigenvalue weighted by molar-refractivity contribution is 0.156. The van der Waals surface area contributed by atoms with Crippen molar-refractivity contribution < 1.29 is 13.5 Å². The van der Waals surface area contributed by atoms with Gasteiger partial charge in [0.25, 0.3) is 0 Å². The molecule has 2 fully saturated rings. The van der Waals surface area contributed by atoms with E-state index in [4.69, 9.17) is 14.1 Å². The highest BCUT2D eigenvalue weighted by Gasteiger charge is 2.42. The molecule has 4 rings (SSSR count). The van der Waals surface area contributed by atoms with Crippen molar-refractivity contribution in [2.45, 2.75) is 26.2 Å². The summed E-state index contributed by atoms with van der Waals surface area (Å²) in [5.74, 6) is 1.20. The number of oxazole rings is 1. The van der Waals surface area contributed by atoms with Crippen molar-refractivity contribution in [2.24, 2.45) is 10.4 Å². The van der Waals surface area contributed by atoms with Gasteiger partial charge in [-0.25, -0.2) is 9.37 Å². The van der Waals surface area contributed by atoms with E-state index in [0.29, 0.717) is 24.3 Å². The molecule has 2 aliphatic rings. The van der Waals surface area contributed by atoms with Crippen molar-refractivity contribution in [1.29, 1.82) is 0 Å². The van der Waals surface area contributed by atoms with Crippen LogP contribution < -0.4 is 5.32 Å². The number of hydrogen-bond acceptors (Lipinski definition) is 4. The lowest BCUT2D eigenvalue weighted by Crippen LogP contribution is -2.41. The second-order valence-electron chi connectivity index (χ2n) is 7.61. The van der Waals surface area contributed by atoms with Crippen LogP contribution in [0, 0.1) is 11.2 Å². The fourth-order valence-electron chi connectivity index (χ4n) is 3.94. The SMILES string of the molecule is CCNC(=NCCc1coc(-c2ccc(F)cc2)n1)N1CCC2(CCOC2)C1. The minimum Gasteiger partial charge on any atom is -0.444 e. The largest absolute Gasteiger partial charge is 0.444 e. The normalized spacial score (nSPS) is 22.4. The second-order valence-corrected chi connectivity index (χ2v) is 7.61. The Morgan fingerprint density at radius 2 is 2.18 bits per heavy atom. The monoisotopic (exact) mass is 386 g/mol. The number of halogens is 1. The third-order valence-corrected chi connectivity index (χ3v) is 5.53. The Labute approximate surface area is 164 Å². The average molecular weight is 386 g/mol. The van der Waals surface area contributed by atoms with Gasteiger partial charge in [0.05, 0.1) is 12.3 Å². The van der Waals surface area contributed by atoms with E-state index in [1.807, 2.05) is 0 Å². The van der Waals surface area contributed by atoms with Crippen molar-refractivity contribution in [1.82, 2.24) is 15.2 Å². The fourth-order valence-corrected chi connectivity index (χ4v) is 3.94. The Balaban J connectivity index is 1.36. The quantitative estimate of drug-likeness (QED) is 0.632. The summed E-state index contributed by atoms with van der Waals surface area (Å²) in [4.78, 5) is 11.6. The van der Waals surface area contributed by atoms with E-state index < -0.39 is 0 Å². The number of hydrogen-bond donors (Lipinski definition) is 1. The zero-order valence-electron chi connectivity index (χ0n) is 16.3. The number of aromatic nitrogens is 1. The summed E-state index contributed by atoms with van der Waals surface area (Å²) >= 11 is 0. The number of nitrogens with zero attached hydrogens (tertiary/aromatic N) is 3. The van der Waals surface area contributed by atoms with Crippen molar-refractivity contribution >= 4 is 5.96 Å². The smallest absolute Gasteiger partial charge is 0.226 e. The van der Waals surface area contributed by atoms with Gasteiger partial charge in [0.2, 0.25) is 5.89 Å². The summed E-state index contributed by atoms with van der Waals surface area (Å²) in [6, 6.07) is 6.15. The van der Waals surface area contributed by atoms with Crippen LogP contribution in [-0.4, -0.2) is 55.2 Å². The first-order chi connectivity index (χ1) is 13.7. The number of benzene rings is 1. The fraction of sp³-hybridized carbons (Fsp3) is 0.524. The molecule has 0 amide bonds. The molecule has 0 bridgehead atoms. The minimum absolute atomic E-state index is 0.270. The van der Waals surface area contributed by atoms with E-state index in [-0.39, 0.29) is 5.82 Å². The van der Waals surface area contributed by atoms with E-state index in [1.165, 1.54) is 18.6 Å². The van der Waals surface area contributed by atoms with Gasteiger partial charge in [-0.2, -0.15) is 0 Å². The molecule has 1 N–H and O–H groups in total. The van der Waals surface area contributed by atoms with Crippen LogP contribution in [-0.2, 0) is 11.2 Å². The maximum atomic E-state index is 13.1. The predicted octanol–water partition coefficient (Wildman–Crippen LogP) is 3.10. The van der Waals surface area contributed by atoms with Crippen LogP contribution in [0.1, 0.15) is 25.5 Å². The Kier molecular flexibility index (Phi) is 5.62. The average Bonchev–Trinajstić information content (AvgIpc) is 3.45. The lowest BCUT2D eigenvalue weighted by Gasteiger charge is -2.24. The van der Waals surface area contributed by atoms with Crippen LogP contribution in [0.3, 0.4) is 0 Å². The molecule has 150 valence electrons. The first-order valence-electron chi connectivity index (χ1n) is 9.99. The van der Waals surface area contributed by atoms with E-state index in [0.717, 1.165) is 56.5 Å². The summed E-state index contributed by atoms with van der Waals surface area (Å²) < 4.78 is 24.2. The molecule has 2 saturated heterocycles. The summed E-state index contributed by atoms with van der Waals surface area (Å²) in [7, 11) is 0. The molecular formula is C21H27FN4O2. The predicted molar refractivity (Wildman–Crippen MR) is 106 cm³/mol. The summed E-state index contributed by atoms with van der Waals surface area (Å²) in [6.07, 6.45) is 4.67. The molecule has 0 saturated carbocycles. The number of guanidine groups is 1. The molecule has 28 heavy (non-hydrogen) atoms. The molecule has 1 aromatic carbocycles. The first-order valence-corrected chi connectivity index (χ1v) is 9.99. The van der Waals surface area contributed by atoms with Gasteiger partial charge in [0, 0.05) is 50.2 Å². The van der Waals surface area contributed by atoms with Gasteiger partial charge >= 0.3 is 0 Å². The Morgan fingerprint density at radius 3 is 2.93 bits per heavy atom. The van der Waals surface area contributed by atoms with Gasteiger partial charge in [-0.15, -0.1) is 0 Å². The van der Waals surface area contributed by atoms with Gasteiger partial charge in [-0.1, -0.05) is 0 Å². The van der Waals surface area contributed by atoms with Crippen molar-refractivity contribution in [3.05, 3.63) is 42.0 Å². The van der Waals surface area contributed by atoms with Crippen LogP contribution in [0.4, 0.5) is 4.39 Å².